The van der Waals surface area contributed by atoms with Gasteiger partial charge in [0.05, 0.1) is 0 Å². The average molecular weight is 252 g/mol. The van der Waals surface area contributed by atoms with E-state index in [1.54, 1.807) is 0 Å². The second kappa shape index (κ2) is 9.30. The summed E-state index contributed by atoms with van der Waals surface area (Å²) in [5.41, 5.74) is 0. The first-order chi connectivity index (χ1) is 8.83. The summed E-state index contributed by atoms with van der Waals surface area (Å²) >= 11 is 0. The third kappa shape index (κ3) is 6.75. The number of urea groups is 1. The molecule has 0 aliphatic carbocycles. The van der Waals surface area contributed by atoms with Crippen molar-refractivity contribution in [3.05, 3.63) is 30.3 Å². The Morgan fingerprint density at radius 1 is 1.22 bits per heavy atom. The van der Waals surface area contributed by atoms with Crippen LogP contribution in [0.3, 0.4) is 0 Å². The minimum Gasteiger partial charge on any atom is -0.473 e. The summed E-state index contributed by atoms with van der Waals surface area (Å²) in [6.45, 7) is 4.06. The van der Waals surface area contributed by atoms with Crippen LogP contribution in [0.2, 0.25) is 0 Å². The first-order valence-corrected chi connectivity index (χ1v) is 6.10. The fraction of sp³-hybridized carbons (Fsp3) is 0.462. The fourth-order valence-electron chi connectivity index (χ4n) is 1.28. The predicted octanol–water partition coefficient (Wildman–Crippen LogP) is 1.75. The van der Waals surface area contributed by atoms with Crippen molar-refractivity contribution < 1.29 is 14.3 Å². The molecule has 0 spiro atoms. The summed E-state index contributed by atoms with van der Waals surface area (Å²) in [4.78, 5) is 11.3. The van der Waals surface area contributed by atoms with Gasteiger partial charge < -0.3 is 20.1 Å². The third-order valence-electron chi connectivity index (χ3n) is 2.17. The number of hydrogen-bond donors (Lipinski definition) is 2. The minimum absolute atomic E-state index is 0.154. The van der Waals surface area contributed by atoms with Crippen LogP contribution in [0.25, 0.3) is 0 Å². The van der Waals surface area contributed by atoms with Gasteiger partial charge in [-0.15, -0.1) is 0 Å². The van der Waals surface area contributed by atoms with Gasteiger partial charge in [0.25, 0.3) is 0 Å². The van der Waals surface area contributed by atoms with Crippen molar-refractivity contribution in [1.29, 1.82) is 0 Å². The summed E-state index contributed by atoms with van der Waals surface area (Å²) < 4.78 is 10.5. The number of para-hydroxylation sites is 1. The molecule has 0 unspecified atom stereocenters. The van der Waals surface area contributed by atoms with E-state index in [1.807, 2.05) is 37.3 Å². The Morgan fingerprint density at radius 2 is 2.00 bits per heavy atom. The molecule has 0 heterocycles. The van der Waals surface area contributed by atoms with Gasteiger partial charge in [-0.3, -0.25) is 0 Å². The Bertz CT molecular complexity index is 330. The molecule has 5 heteroatoms. The Labute approximate surface area is 107 Å². The van der Waals surface area contributed by atoms with Crippen molar-refractivity contribution in [1.82, 2.24) is 10.6 Å². The van der Waals surface area contributed by atoms with Crippen molar-refractivity contribution in [2.24, 2.45) is 0 Å². The Hall–Kier alpha value is -1.75. The zero-order valence-corrected chi connectivity index (χ0v) is 10.6. The van der Waals surface area contributed by atoms with Crippen molar-refractivity contribution in [2.45, 2.75) is 13.3 Å². The van der Waals surface area contributed by atoms with Gasteiger partial charge in [0.2, 0.25) is 0 Å². The molecule has 0 saturated heterocycles. The number of carbonyl (C=O) groups excluding carboxylic acids is 1. The van der Waals surface area contributed by atoms with Gasteiger partial charge in [0.1, 0.15) is 5.75 Å². The van der Waals surface area contributed by atoms with Crippen LogP contribution >= 0.6 is 0 Å². The molecule has 0 atom stereocenters. The molecule has 2 N–H and O–H groups in total. The monoisotopic (exact) mass is 252 g/mol. The molecule has 18 heavy (non-hydrogen) atoms. The molecule has 100 valence electrons. The van der Waals surface area contributed by atoms with Crippen molar-refractivity contribution >= 4 is 6.03 Å². The van der Waals surface area contributed by atoms with E-state index in [1.165, 1.54) is 0 Å². The zero-order chi connectivity index (χ0) is 13.1. The number of ether oxygens (including phenoxy) is 2. The molecule has 0 bridgehead atoms. The van der Waals surface area contributed by atoms with E-state index in [4.69, 9.17) is 9.47 Å². The lowest BCUT2D eigenvalue weighted by Gasteiger charge is -2.09. The molecular weight excluding hydrogens is 232 g/mol. The number of hydrogen-bond acceptors (Lipinski definition) is 3. The Balaban J connectivity index is 2.00. The molecular formula is C13H20N2O3. The molecule has 2 amide bonds. The maximum Gasteiger partial charge on any atom is 0.317 e. The van der Waals surface area contributed by atoms with Gasteiger partial charge in [-0.2, -0.15) is 0 Å². The maximum absolute atomic E-state index is 11.3. The van der Waals surface area contributed by atoms with Crippen LogP contribution in [-0.4, -0.2) is 32.5 Å². The summed E-state index contributed by atoms with van der Waals surface area (Å²) in [5.74, 6) is 0.731. The number of benzene rings is 1. The molecule has 1 rings (SSSR count). The van der Waals surface area contributed by atoms with E-state index in [0.29, 0.717) is 19.8 Å². The van der Waals surface area contributed by atoms with E-state index < -0.39 is 0 Å². The summed E-state index contributed by atoms with van der Waals surface area (Å²) in [7, 11) is 0. The highest BCUT2D eigenvalue weighted by Crippen LogP contribution is 2.06. The van der Waals surface area contributed by atoms with Crippen LogP contribution in [0.5, 0.6) is 5.75 Å². The normalized spacial score (nSPS) is 9.83. The Morgan fingerprint density at radius 3 is 2.72 bits per heavy atom. The van der Waals surface area contributed by atoms with Gasteiger partial charge in [0, 0.05) is 19.8 Å². The molecule has 1 aromatic carbocycles. The summed E-state index contributed by atoms with van der Waals surface area (Å²) in [6, 6.07) is 9.10. The van der Waals surface area contributed by atoms with Gasteiger partial charge in [0.15, 0.2) is 6.73 Å². The number of carbonyl (C=O) groups is 1. The first-order valence-electron chi connectivity index (χ1n) is 6.10. The summed E-state index contributed by atoms with van der Waals surface area (Å²) in [6.07, 6.45) is 0.806. The van der Waals surface area contributed by atoms with E-state index in [2.05, 4.69) is 10.6 Å². The van der Waals surface area contributed by atoms with Crippen LogP contribution in [0.4, 0.5) is 4.79 Å². The number of rotatable bonds is 8. The molecule has 0 fully saturated rings. The fourth-order valence-corrected chi connectivity index (χ4v) is 1.28. The number of nitrogens with one attached hydrogen (secondary N) is 2. The second-order valence-electron chi connectivity index (χ2n) is 3.58. The lowest BCUT2D eigenvalue weighted by Crippen LogP contribution is -2.38. The van der Waals surface area contributed by atoms with E-state index >= 15 is 0 Å². The van der Waals surface area contributed by atoms with Crippen molar-refractivity contribution in [3.8, 4) is 5.75 Å². The number of amides is 2. The van der Waals surface area contributed by atoms with Crippen molar-refractivity contribution in [2.75, 3.05) is 26.5 Å². The standard InChI is InChI=1S/C13H20N2O3/c1-2-17-10-6-9-14-13(16)15-11-18-12-7-4-3-5-8-12/h3-5,7-8H,2,6,9-11H2,1H3,(H2,14,15,16). The zero-order valence-electron chi connectivity index (χ0n) is 10.6. The van der Waals surface area contributed by atoms with E-state index in [0.717, 1.165) is 12.2 Å². The van der Waals surface area contributed by atoms with Gasteiger partial charge in [-0.1, -0.05) is 18.2 Å². The molecule has 0 aromatic heterocycles. The lowest BCUT2D eigenvalue weighted by atomic mass is 10.3. The van der Waals surface area contributed by atoms with Crippen LogP contribution in [0.15, 0.2) is 30.3 Å². The highest BCUT2D eigenvalue weighted by molar-refractivity contribution is 5.73. The predicted molar refractivity (Wildman–Crippen MR) is 69.6 cm³/mol. The summed E-state index contributed by atoms with van der Waals surface area (Å²) in [5, 5.41) is 5.33. The molecule has 5 nitrogen and oxygen atoms in total. The molecule has 0 aliphatic heterocycles. The van der Waals surface area contributed by atoms with Crippen molar-refractivity contribution in [3.63, 3.8) is 0 Å². The molecule has 1 aromatic rings. The largest absolute Gasteiger partial charge is 0.473 e. The molecule has 0 aliphatic rings. The van der Waals surface area contributed by atoms with Crippen LogP contribution in [0.1, 0.15) is 13.3 Å². The maximum atomic E-state index is 11.3. The topological polar surface area (TPSA) is 59.6 Å². The molecule has 0 radical (unpaired) electrons. The molecule has 0 saturated carbocycles. The minimum atomic E-state index is -0.234. The van der Waals surface area contributed by atoms with Crippen LogP contribution in [0, 0.1) is 0 Å². The van der Waals surface area contributed by atoms with Crippen LogP contribution < -0.4 is 15.4 Å². The van der Waals surface area contributed by atoms with Gasteiger partial charge in [-0.25, -0.2) is 4.79 Å². The lowest BCUT2D eigenvalue weighted by molar-refractivity contribution is 0.145. The Kier molecular flexibility index (Phi) is 7.39. The average Bonchev–Trinajstić information content (AvgIpc) is 2.40. The quantitative estimate of drug-likeness (QED) is 0.547. The SMILES string of the molecule is CCOCCCNC(=O)NCOc1ccccc1. The second-order valence-corrected chi connectivity index (χ2v) is 3.58. The van der Waals surface area contributed by atoms with Gasteiger partial charge >= 0.3 is 6.03 Å². The van der Waals surface area contributed by atoms with Gasteiger partial charge in [-0.05, 0) is 25.5 Å². The smallest absolute Gasteiger partial charge is 0.317 e. The highest BCUT2D eigenvalue weighted by Gasteiger charge is 1.98. The van der Waals surface area contributed by atoms with Crippen LogP contribution in [-0.2, 0) is 4.74 Å². The first kappa shape index (κ1) is 14.3. The van der Waals surface area contributed by atoms with E-state index in [-0.39, 0.29) is 12.8 Å². The van der Waals surface area contributed by atoms with E-state index in [9.17, 15) is 4.79 Å². The highest BCUT2D eigenvalue weighted by atomic mass is 16.5. The third-order valence-corrected chi connectivity index (χ3v) is 2.17.